The molecule has 7 heteroatoms. The molecule has 1 aliphatic rings. The van der Waals surface area contributed by atoms with E-state index in [-0.39, 0.29) is 35.2 Å². The van der Waals surface area contributed by atoms with E-state index >= 15 is 0 Å². The highest BCUT2D eigenvalue weighted by atomic mass is 19.2. The average Bonchev–Trinajstić information content (AvgIpc) is 2.74. The number of rotatable bonds is 4. The number of fused-ring (bicyclic) bond motifs is 3. The summed E-state index contributed by atoms with van der Waals surface area (Å²) in [4.78, 5) is 16.1. The minimum atomic E-state index is -2.78. The molecule has 2 heterocycles. The van der Waals surface area contributed by atoms with Gasteiger partial charge >= 0.3 is 0 Å². The Morgan fingerprint density at radius 1 is 1.28 bits per heavy atom. The van der Waals surface area contributed by atoms with Crippen LogP contribution in [0, 0.1) is 11.6 Å². The van der Waals surface area contributed by atoms with Gasteiger partial charge < -0.3 is 14.5 Å². The van der Waals surface area contributed by atoms with Gasteiger partial charge in [0.25, 0.3) is 5.56 Å². The van der Waals surface area contributed by atoms with E-state index in [2.05, 4.69) is 4.98 Å². The quantitative estimate of drug-likeness (QED) is 0.665. The molecule has 152 valence electrons. The van der Waals surface area contributed by atoms with E-state index in [1.807, 2.05) is 0 Å². The van der Waals surface area contributed by atoms with Crippen molar-refractivity contribution >= 4 is 10.8 Å². The van der Waals surface area contributed by atoms with Gasteiger partial charge in [-0.3, -0.25) is 9.69 Å². The van der Waals surface area contributed by atoms with E-state index in [1.54, 1.807) is 31.2 Å². The number of benzene rings is 2. The van der Waals surface area contributed by atoms with Crippen molar-refractivity contribution in [3.63, 3.8) is 0 Å². The summed E-state index contributed by atoms with van der Waals surface area (Å²) in [5.41, 5.74) is 0.130. The summed E-state index contributed by atoms with van der Waals surface area (Å²) in [6.07, 6.45) is 0. The molecule has 29 heavy (non-hydrogen) atoms. The van der Waals surface area contributed by atoms with E-state index in [1.165, 1.54) is 7.11 Å². The lowest BCUT2D eigenvalue weighted by Gasteiger charge is -2.37. The van der Waals surface area contributed by atoms with E-state index in [4.69, 9.17) is 13.6 Å². The van der Waals surface area contributed by atoms with Gasteiger partial charge in [0.2, 0.25) is 0 Å². The van der Waals surface area contributed by atoms with Gasteiger partial charge in [-0.05, 0) is 49.1 Å². The van der Waals surface area contributed by atoms with Crippen molar-refractivity contribution in [2.75, 3.05) is 20.7 Å². The fraction of sp³-hybridized carbons (Fsp3) is 0.318. The van der Waals surface area contributed by atoms with Gasteiger partial charge in [-0.2, -0.15) is 0 Å². The zero-order valence-electron chi connectivity index (χ0n) is 19.9. The molecule has 0 bridgehead atoms. The normalized spacial score (nSPS) is 22.4. The number of likely N-dealkylation sites (N-methyl/N-ethyl adjacent to an activating group) is 1. The molecule has 0 radical (unpaired) electrons. The van der Waals surface area contributed by atoms with Crippen LogP contribution >= 0.6 is 0 Å². The first-order valence-electron chi connectivity index (χ1n) is 11.0. The summed E-state index contributed by atoms with van der Waals surface area (Å²) in [5, 5.41) is -0.198. The molecule has 0 unspecified atom stereocenters. The zero-order valence-corrected chi connectivity index (χ0v) is 15.9. The summed E-state index contributed by atoms with van der Waals surface area (Å²) in [6.45, 7) is -1.61. The summed E-state index contributed by atoms with van der Waals surface area (Å²) in [5.74, 6) is -1.83. The minimum Gasteiger partial charge on any atom is -0.497 e. The van der Waals surface area contributed by atoms with Gasteiger partial charge in [-0.15, -0.1) is 0 Å². The summed E-state index contributed by atoms with van der Waals surface area (Å²) < 4.78 is 72.8. The second-order valence-corrected chi connectivity index (χ2v) is 6.88. The Morgan fingerprint density at radius 3 is 2.62 bits per heavy atom. The number of nitrogens with one attached hydrogen (secondary N) is 1. The third-order valence-electron chi connectivity index (χ3n) is 5.19. The molecule has 0 fully saturated rings. The SMILES string of the molecule is [2H][C@@]1(N([C@H](C)c2ccc(OC)cc2)[13C]([2H])([2H])[2H])COCc2[nH]c(=O)c3cc(F)c(F)cc3c21. The third kappa shape index (κ3) is 3.41. The van der Waals surface area contributed by atoms with Gasteiger partial charge in [0.05, 0.1) is 33.1 Å². The minimum absolute atomic E-state index is 0.0258. The molecule has 1 aromatic heterocycles. The highest BCUT2D eigenvalue weighted by molar-refractivity contribution is 5.86. The van der Waals surface area contributed by atoms with Crippen LogP contribution in [-0.2, 0) is 11.3 Å². The van der Waals surface area contributed by atoms with Crippen LogP contribution in [0.1, 0.15) is 41.3 Å². The van der Waals surface area contributed by atoms with Crippen molar-refractivity contribution in [3.8, 4) is 5.75 Å². The molecule has 5 nitrogen and oxygen atoms in total. The Labute approximate surface area is 172 Å². The zero-order chi connectivity index (χ0) is 24.1. The smallest absolute Gasteiger partial charge is 0.256 e. The highest BCUT2D eigenvalue weighted by Crippen LogP contribution is 2.37. The Hall–Kier alpha value is -2.77. The van der Waals surface area contributed by atoms with Crippen LogP contribution in [0.15, 0.2) is 41.2 Å². The molecular weight excluding hydrogens is 379 g/mol. The number of methoxy groups -OCH3 is 1. The highest BCUT2D eigenvalue weighted by Gasteiger charge is 2.31. The van der Waals surface area contributed by atoms with Gasteiger partial charge in [0, 0.05) is 21.4 Å². The number of aromatic amines is 1. The summed E-state index contributed by atoms with van der Waals surface area (Å²) in [7, 11) is 1.51. The lowest BCUT2D eigenvalue weighted by molar-refractivity contribution is 0.0271. The van der Waals surface area contributed by atoms with E-state index in [0.29, 0.717) is 11.3 Å². The van der Waals surface area contributed by atoms with Crippen molar-refractivity contribution in [2.24, 2.45) is 0 Å². The van der Waals surface area contributed by atoms with Crippen molar-refractivity contribution < 1.29 is 23.7 Å². The number of aromatic nitrogens is 1. The van der Waals surface area contributed by atoms with Gasteiger partial charge in [-0.1, -0.05) is 12.1 Å². The lowest BCUT2D eigenvalue weighted by Crippen LogP contribution is -2.35. The van der Waals surface area contributed by atoms with Crippen LogP contribution in [0.2, 0.25) is 0 Å². The maximum Gasteiger partial charge on any atom is 0.256 e. The van der Waals surface area contributed by atoms with Crippen LogP contribution in [0.25, 0.3) is 10.8 Å². The van der Waals surface area contributed by atoms with Gasteiger partial charge in [-0.25, -0.2) is 8.78 Å². The fourth-order valence-corrected chi connectivity index (χ4v) is 3.59. The molecular formula is C22H22F2N2O3. The maximum absolute atomic E-state index is 14.2. The van der Waals surface area contributed by atoms with Crippen molar-refractivity contribution in [1.82, 2.24) is 9.88 Å². The second-order valence-electron chi connectivity index (χ2n) is 6.88. The van der Waals surface area contributed by atoms with Gasteiger partial charge in [0.15, 0.2) is 11.6 Å². The summed E-state index contributed by atoms with van der Waals surface area (Å²) in [6, 6.07) is 5.46. The van der Waals surface area contributed by atoms with Crippen LogP contribution in [0.3, 0.4) is 0 Å². The second kappa shape index (κ2) is 7.57. The fourth-order valence-electron chi connectivity index (χ4n) is 3.59. The molecule has 0 amide bonds. The van der Waals surface area contributed by atoms with Crippen molar-refractivity contribution in [1.29, 1.82) is 0 Å². The van der Waals surface area contributed by atoms with E-state index in [9.17, 15) is 14.9 Å². The molecule has 0 saturated heterocycles. The molecule has 4 rings (SSSR count). The van der Waals surface area contributed by atoms with Crippen LogP contribution in [0.4, 0.5) is 8.78 Å². The van der Waals surface area contributed by atoms with Crippen LogP contribution in [-0.4, -0.2) is 30.6 Å². The molecule has 0 saturated carbocycles. The Bertz CT molecular complexity index is 1260. The first-order chi connectivity index (χ1) is 15.5. The number of nitrogens with zero attached hydrogens (tertiary/aromatic N) is 1. The number of ether oxygens (including phenoxy) is 2. The monoisotopic (exact) mass is 405 g/mol. The van der Waals surface area contributed by atoms with Crippen LogP contribution in [0.5, 0.6) is 5.75 Å². The van der Waals surface area contributed by atoms with E-state index < -0.39 is 36.2 Å². The molecule has 1 N–H and O–H groups in total. The standard InChI is InChI=1S/C22H22F2N2O3/c1-12(13-4-6-14(28-3)7-5-13)26(2)20-11-29-10-19-21(20)15-8-17(23)18(24)9-16(15)22(27)25-19/h4-9,12,20H,10-11H2,1-3H3,(H,25,27)/t12-,20-/m1/s1/i2+1D3,20D. The lowest BCUT2D eigenvalue weighted by atomic mass is 9.94. The van der Waals surface area contributed by atoms with Crippen molar-refractivity contribution in [3.05, 3.63) is 75.2 Å². The predicted molar refractivity (Wildman–Crippen MR) is 106 cm³/mol. The first-order valence-corrected chi connectivity index (χ1v) is 9.03. The number of halogens is 2. The maximum atomic E-state index is 14.2. The third-order valence-corrected chi connectivity index (χ3v) is 5.19. The molecule has 0 aliphatic carbocycles. The molecule has 0 spiro atoms. The Morgan fingerprint density at radius 2 is 1.97 bits per heavy atom. The first kappa shape index (κ1) is 15.1. The predicted octanol–water partition coefficient (Wildman–Crippen LogP) is 4.08. The number of H-pyrrole nitrogens is 1. The topological polar surface area (TPSA) is 54.6 Å². The molecule has 2 atom stereocenters. The Balaban J connectivity index is 1.97. The van der Waals surface area contributed by atoms with Crippen LogP contribution < -0.4 is 10.3 Å². The average molecular weight is 405 g/mol. The number of hydrogen-bond donors (Lipinski definition) is 1. The Kier molecular flexibility index (Phi) is 3.95. The molecule has 3 aromatic rings. The molecule has 1 aliphatic heterocycles. The van der Waals surface area contributed by atoms with Gasteiger partial charge in [0.1, 0.15) is 5.75 Å². The number of hydrogen-bond acceptors (Lipinski definition) is 4. The summed E-state index contributed by atoms with van der Waals surface area (Å²) >= 11 is 0. The number of pyridine rings is 1. The molecule has 2 aromatic carbocycles. The largest absolute Gasteiger partial charge is 0.497 e. The van der Waals surface area contributed by atoms with E-state index in [0.717, 1.165) is 17.0 Å². The van der Waals surface area contributed by atoms with Crippen molar-refractivity contribution in [2.45, 2.75) is 25.6 Å².